The molecule has 1 saturated heterocycles. The highest BCUT2D eigenvalue weighted by molar-refractivity contribution is 5.96. The predicted octanol–water partition coefficient (Wildman–Crippen LogP) is 2.50. The van der Waals surface area contributed by atoms with Crippen molar-refractivity contribution in [3.05, 3.63) is 70.8 Å². The number of carboxylic acid groups (broad SMARTS) is 1. The smallest absolute Gasteiger partial charge is 0.323 e. The third-order valence-corrected chi connectivity index (χ3v) is 6.32. The topological polar surface area (TPSA) is 121 Å². The summed E-state index contributed by atoms with van der Waals surface area (Å²) >= 11 is 0. The maximum absolute atomic E-state index is 12.6. The molecule has 0 aromatic heterocycles. The maximum Gasteiger partial charge on any atom is 0.323 e. The molecule has 2 aromatic carbocycles. The Morgan fingerprint density at radius 3 is 2.21 bits per heavy atom. The van der Waals surface area contributed by atoms with E-state index in [4.69, 9.17) is 10.8 Å². The quantitative estimate of drug-likeness (QED) is 0.703. The summed E-state index contributed by atoms with van der Waals surface area (Å²) < 4.78 is 0. The highest BCUT2D eigenvalue weighted by Crippen LogP contribution is 2.22. The molecule has 0 atom stereocenters. The van der Waals surface area contributed by atoms with Crippen LogP contribution in [0, 0.1) is 0 Å². The second-order valence-corrected chi connectivity index (χ2v) is 8.63. The van der Waals surface area contributed by atoms with Crippen LogP contribution in [0.3, 0.4) is 0 Å². The lowest BCUT2D eigenvalue weighted by Crippen LogP contribution is -2.50. The van der Waals surface area contributed by atoms with Gasteiger partial charge in [0.05, 0.1) is 0 Å². The summed E-state index contributed by atoms with van der Waals surface area (Å²) in [6.45, 7) is 2.30. The van der Waals surface area contributed by atoms with E-state index in [2.05, 4.69) is 0 Å². The van der Waals surface area contributed by atoms with Crippen molar-refractivity contribution in [2.45, 2.75) is 45.1 Å². The molecule has 3 N–H and O–H groups in total. The van der Waals surface area contributed by atoms with E-state index in [1.54, 1.807) is 29.2 Å². The van der Waals surface area contributed by atoms with E-state index in [0.717, 1.165) is 12.8 Å². The fourth-order valence-corrected chi connectivity index (χ4v) is 4.48. The molecule has 8 nitrogen and oxygen atoms in total. The molecule has 8 heteroatoms. The summed E-state index contributed by atoms with van der Waals surface area (Å²) in [6.07, 6.45) is 4.65. The number of carbonyl (C=O) groups is 4. The van der Waals surface area contributed by atoms with E-state index in [-0.39, 0.29) is 30.3 Å². The van der Waals surface area contributed by atoms with Gasteiger partial charge < -0.3 is 20.6 Å². The van der Waals surface area contributed by atoms with Crippen LogP contribution in [-0.2, 0) is 22.4 Å². The minimum absolute atomic E-state index is 0.0117. The molecule has 2 aliphatic rings. The van der Waals surface area contributed by atoms with E-state index >= 15 is 0 Å². The molecular weight excluding hydrogens is 434 g/mol. The highest BCUT2D eigenvalue weighted by Gasteiger charge is 2.30. The number of carboxylic acids is 1. The van der Waals surface area contributed by atoms with Gasteiger partial charge in [-0.15, -0.1) is 0 Å². The molecule has 1 heterocycles. The molecule has 0 radical (unpaired) electrons. The van der Waals surface area contributed by atoms with Gasteiger partial charge in [0, 0.05) is 37.2 Å². The van der Waals surface area contributed by atoms with Crippen LogP contribution in [0.2, 0.25) is 0 Å². The number of aryl methyl sites for hydroxylation is 2. The molecule has 180 valence electrons. The number of rotatable bonds is 5. The first-order valence-corrected chi connectivity index (χ1v) is 11.5. The van der Waals surface area contributed by atoms with Gasteiger partial charge in [0.1, 0.15) is 6.54 Å². The lowest BCUT2D eigenvalue weighted by atomic mass is 10.0. The van der Waals surface area contributed by atoms with Gasteiger partial charge in [-0.05, 0) is 67.5 Å². The van der Waals surface area contributed by atoms with Crippen molar-refractivity contribution in [2.75, 3.05) is 19.6 Å². The van der Waals surface area contributed by atoms with Crippen LogP contribution in [0.25, 0.3) is 0 Å². The van der Waals surface area contributed by atoms with E-state index in [1.165, 1.54) is 29.4 Å². The molecule has 3 amide bonds. The van der Waals surface area contributed by atoms with E-state index in [0.29, 0.717) is 37.1 Å². The van der Waals surface area contributed by atoms with Gasteiger partial charge in [-0.2, -0.15) is 0 Å². The van der Waals surface area contributed by atoms with Gasteiger partial charge in [-0.3, -0.25) is 19.2 Å². The maximum atomic E-state index is 12.6. The highest BCUT2D eigenvalue weighted by atomic mass is 16.4. The number of nitrogens with zero attached hydrogens (tertiary/aromatic N) is 2. The number of primary amides is 1. The first-order valence-electron chi connectivity index (χ1n) is 11.5. The minimum atomic E-state index is -1.03. The van der Waals surface area contributed by atoms with E-state index in [1.807, 2.05) is 24.3 Å². The van der Waals surface area contributed by atoms with Crippen LogP contribution in [0.5, 0.6) is 0 Å². The number of likely N-dealkylation sites (tertiary alicyclic amines) is 1. The first-order chi connectivity index (χ1) is 16.3. The Morgan fingerprint density at radius 1 is 0.971 bits per heavy atom. The number of piperidine rings is 1. The molecule has 1 aliphatic heterocycles. The lowest BCUT2D eigenvalue weighted by Gasteiger charge is -2.37. The molecule has 34 heavy (non-hydrogen) atoms. The van der Waals surface area contributed by atoms with Gasteiger partial charge in [0.2, 0.25) is 11.8 Å². The molecule has 2 aromatic rings. The number of fused-ring (bicyclic) bond motifs is 1. The number of aliphatic carboxylic acids is 1. The van der Waals surface area contributed by atoms with Crippen molar-refractivity contribution in [2.24, 2.45) is 5.73 Å². The van der Waals surface area contributed by atoms with Gasteiger partial charge in [0.15, 0.2) is 0 Å². The Kier molecular flexibility index (Phi) is 8.40. The van der Waals surface area contributed by atoms with Crippen molar-refractivity contribution in [1.82, 2.24) is 9.80 Å². The molecule has 0 unspecified atom stereocenters. The summed E-state index contributed by atoms with van der Waals surface area (Å²) in [5.74, 6) is -1.62. The predicted molar refractivity (Wildman–Crippen MR) is 127 cm³/mol. The molecular formula is C26H31N3O5. The fraction of sp³-hybridized carbons (Fsp3) is 0.385. The number of carbonyl (C=O) groups excluding carboxylic acids is 3. The standard InChI is InChI=1S/C16H20N2O4.C10H11NO/c1-12(19)17-9-7-14(8-10-17)18(11-15(20)21)16(22)13-5-3-2-4-6-13;11-10(12)9-5-4-7-2-1-3-8(7)6-9/h2-6,14H,7-11H2,1H3,(H,20,21);4-6H,1-3H2,(H2,11,12). The number of hydrogen-bond acceptors (Lipinski definition) is 4. The van der Waals surface area contributed by atoms with E-state index in [9.17, 15) is 19.2 Å². The average Bonchev–Trinajstić information content (AvgIpc) is 3.31. The van der Waals surface area contributed by atoms with Crippen LogP contribution in [-0.4, -0.2) is 64.3 Å². The zero-order chi connectivity index (χ0) is 24.7. The number of benzene rings is 2. The van der Waals surface area contributed by atoms with Crippen molar-refractivity contribution in [1.29, 1.82) is 0 Å². The summed E-state index contributed by atoms with van der Waals surface area (Å²) in [4.78, 5) is 49.0. The number of hydrogen-bond donors (Lipinski definition) is 2. The summed E-state index contributed by atoms with van der Waals surface area (Å²) in [5, 5.41) is 9.09. The molecule has 4 rings (SSSR count). The zero-order valence-corrected chi connectivity index (χ0v) is 19.4. The van der Waals surface area contributed by atoms with Crippen molar-refractivity contribution < 1.29 is 24.3 Å². The molecule has 0 spiro atoms. The van der Waals surface area contributed by atoms with Crippen LogP contribution in [0.1, 0.15) is 58.0 Å². The Bertz CT molecular complexity index is 1050. The van der Waals surface area contributed by atoms with Crippen LogP contribution < -0.4 is 5.73 Å². The average molecular weight is 466 g/mol. The lowest BCUT2D eigenvalue weighted by molar-refractivity contribution is -0.139. The van der Waals surface area contributed by atoms with Crippen molar-refractivity contribution in [3.8, 4) is 0 Å². The third-order valence-electron chi connectivity index (χ3n) is 6.32. The fourth-order valence-electron chi connectivity index (χ4n) is 4.48. The number of amides is 3. The van der Waals surface area contributed by atoms with Crippen LogP contribution in [0.4, 0.5) is 0 Å². The summed E-state index contributed by atoms with van der Waals surface area (Å²) in [5.41, 5.74) is 8.96. The van der Waals surface area contributed by atoms with Crippen molar-refractivity contribution in [3.63, 3.8) is 0 Å². The zero-order valence-electron chi connectivity index (χ0n) is 19.4. The summed E-state index contributed by atoms with van der Waals surface area (Å²) in [7, 11) is 0. The second-order valence-electron chi connectivity index (χ2n) is 8.63. The monoisotopic (exact) mass is 465 g/mol. The normalized spacial score (nSPS) is 15.0. The summed E-state index contributed by atoms with van der Waals surface area (Å²) in [6, 6.07) is 14.3. The Labute approximate surface area is 199 Å². The molecule has 1 aliphatic carbocycles. The van der Waals surface area contributed by atoms with E-state index < -0.39 is 5.97 Å². The SMILES string of the molecule is CC(=O)N1CCC(N(CC(=O)O)C(=O)c2ccccc2)CC1.NC(=O)c1ccc2c(c1)CCC2. The minimum Gasteiger partial charge on any atom is -0.480 e. The van der Waals surface area contributed by atoms with Gasteiger partial charge in [-0.25, -0.2) is 0 Å². The van der Waals surface area contributed by atoms with Gasteiger partial charge in [-0.1, -0.05) is 24.3 Å². The van der Waals surface area contributed by atoms with Crippen LogP contribution in [0.15, 0.2) is 48.5 Å². The third kappa shape index (κ3) is 6.43. The second kappa shape index (κ2) is 11.4. The molecule has 0 saturated carbocycles. The van der Waals surface area contributed by atoms with Gasteiger partial charge >= 0.3 is 5.97 Å². The Hall–Kier alpha value is -3.68. The first kappa shape index (κ1) is 25.0. The van der Waals surface area contributed by atoms with Crippen LogP contribution >= 0.6 is 0 Å². The Balaban J connectivity index is 0.000000226. The molecule has 0 bridgehead atoms. The van der Waals surface area contributed by atoms with Crippen molar-refractivity contribution >= 4 is 23.7 Å². The molecule has 1 fully saturated rings. The Morgan fingerprint density at radius 2 is 1.62 bits per heavy atom. The largest absolute Gasteiger partial charge is 0.480 e. The number of nitrogens with two attached hydrogens (primary N) is 1. The van der Waals surface area contributed by atoms with Gasteiger partial charge in [0.25, 0.3) is 5.91 Å².